The van der Waals surface area contributed by atoms with E-state index >= 15 is 0 Å². The first-order valence-corrected chi connectivity index (χ1v) is 8.59. The van der Waals surface area contributed by atoms with Gasteiger partial charge in [-0.3, -0.25) is 9.59 Å². The number of hydrogen-bond acceptors (Lipinski definition) is 2. The number of rotatable bonds is 5. The van der Waals surface area contributed by atoms with Crippen molar-refractivity contribution in [3.05, 3.63) is 35.9 Å². The second-order valence-electron chi connectivity index (χ2n) is 6.78. The van der Waals surface area contributed by atoms with Crippen LogP contribution in [0.1, 0.15) is 45.6 Å². The second kappa shape index (κ2) is 7.62. The van der Waals surface area contributed by atoms with Gasteiger partial charge in [0.15, 0.2) is 0 Å². The molecule has 1 aromatic carbocycles. The summed E-state index contributed by atoms with van der Waals surface area (Å²) in [4.78, 5) is 29.4. The van der Waals surface area contributed by atoms with Crippen molar-refractivity contribution in [1.29, 1.82) is 0 Å². The second-order valence-corrected chi connectivity index (χ2v) is 6.78. The first-order valence-electron chi connectivity index (χ1n) is 8.59. The van der Waals surface area contributed by atoms with Gasteiger partial charge < -0.3 is 9.80 Å². The molecule has 4 heteroatoms. The molecule has 0 spiro atoms. The molecule has 0 aromatic heterocycles. The van der Waals surface area contributed by atoms with Crippen LogP contribution in [0.2, 0.25) is 0 Å². The van der Waals surface area contributed by atoms with Crippen LogP contribution in [-0.2, 0) is 16.1 Å². The number of likely N-dealkylation sites (tertiary alicyclic amines) is 1. The minimum Gasteiger partial charge on any atom is -0.342 e. The standard InChI is InChI=1S/C19H28N2O2/c1-4-20(15-16-11-7-5-8-12-16)17(22)19(2,3)18(23)21-13-9-6-10-14-21/h5,7-8,11-12H,4,6,9-10,13-15H2,1-3H3. The fraction of sp³-hybridized carbons (Fsp3) is 0.579. The Morgan fingerprint density at radius 2 is 1.70 bits per heavy atom. The fourth-order valence-electron chi connectivity index (χ4n) is 3.11. The molecule has 23 heavy (non-hydrogen) atoms. The number of benzene rings is 1. The summed E-state index contributed by atoms with van der Waals surface area (Å²) in [5.41, 5.74) is 0.0891. The van der Waals surface area contributed by atoms with Crippen molar-refractivity contribution >= 4 is 11.8 Å². The van der Waals surface area contributed by atoms with Crippen molar-refractivity contribution in [2.75, 3.05) is 19.6 Å². The monoisotopic (exact) mass is 316 g/mol. The number of hydrogen-bond donors (Lipinski definition) is 0. The predicted molar refractivity (Wildman–Crippen MR) is 91.7 cm³/mol. The molecular weight excluding hydrogens is 288 g/mol. The van der Waals surface area contributed by atoms with Crippen molar-refractivity contribution in [2.45, 2.75) is 46.6 Å². The summed E-state index contributed by atoms with van der Waals surface area (Å²) in [7, 11) is 0. The van der Waals surface area contributed by atoms with E-state index in [-0.39, 0.29) is 11.8 Å². The summed E-state index contributed by atoms with van der Waals surface area (Å²) < 4.78 is 0. The van der Waals surface area contributed by atoms with Crippen LogP contribution >= 0.6 is 0 Å². The lowest BCUT2D eigenvalue weighted by Gasteiger charge is -2.36. The molecule has 0 atom stereocenters. The van der Waals surface area contributed by atoms with Gasteiger partial charge in [0.05, 0.1) is 0 Å². The van der Waals surface area contributed by atoms with Gasteiger partial charge in [0.2, 0.25) is 11.8 Å². The number of piperidine rings is 1. The molecule has 2 rings (SSSR count). The van der Waals surface area contributed by atoms with Crippen molar-refractivity contribution in [3.63, 3.8) is 0 Å². The van der Waals surface area contributed by atoms with Gasteiger partial charge in [-0.1, -0.05) is 30.3 Å². The van der Waals surface area contributed by atoms with Gasteiger partial charge in [-0.05, 0) is 45.6 Å². The molecule has 2 amide bonds. The molecule has 0 aliphatic carbocycles. The SMILES string of the molecule is CCN(Cc1ccccc1)C(=O)C(C)(C)C(=O)N1CCCCC1. The van der Waals surface area contributed by atoms with E-state index in [1.807, 2.05) is 42.2 Å². The smallest absolute Gasteiger partial charge is 0.237 e. The average Bonchev–Trinajstić information content (AvgIpc) is 2.60. The Hall–Kier alpha value is -1.84. The molecule has 126 valence electrons. The summed E-state index contributed by atoms with van der Waals surface area (Å²) in [5, 5.41) is 0. The van der Waals surface area contributed by atoms with Crippen LogP contribution in [0.4, 0.5) is 0 Å². The Labute approximate surface area is 139 Å². The zero-order valence-corrected chi connectivity index (χ0v) is 14.5. The Morgan fingerprint density at radius 1 is 1.09 bits per heavy atom. The van der Waals surface area contributed by atoms with Gasteiger partial charge >= 0.3 is 0 Å². The van der Waals surface area contributed by atoms with E-state index in [2.05, 4.69) is 0 Å². The molecule has 0 radical (unpaired) electrons. The minimum atomic E-state index is -0.998. The molecule has 1 fully saturated rings. The lowest BCUT2D eigenvalue weighted by atomic mass is 9.88. The maximum absolute atomic E-state index is 13.0. The summed E-state index contributed by atoms with van der Waals surface area (Å²) >= 11 is 0. The fourth-order valence-corrected chi connectivity index (χ4v) is 3.11. The van der Waals surface area contributed by atoms with Crippen molar-refractivity contribution < 1.29 is 9.59 Å². The molecular formula is C19H28N2O2. The normalized spacial score (nSPS) is 15.3. The third-order valence-corrected chi connectivity index (χ3v) is 4.60. The van der Waals surface area contributed by atoms with Crippen LogP contribution < -0.4 is 0 Å². The molecule has 1 saturated heterocycles. The van der Waals surface area contributed by atoms with Crippen LogP contribution in [0.25, 0.3) is 0 Å². The average molecular weight is 316 g/mol. The van der Waals surface area contributed by atoms with E-state index in [1.165, 1.54) is 6.42 Å². The summed E-state index contributed by atoms with van der Waals surface area (Å²) in [6, 6.07) is 9.92. The number of nitrogens with zero attached hydrogens (tertiary/aromatic N) is 2. The molecule has 0 unspecified atom stereocenters. The highest BCUT2D eigenvalue weighted by Crippen LogP contribution is 2.25. The zero-order chi connectivity index (χ0) is 16.9. The Bertz CT molecular complexity index is 534. The summed E-state index contributed by atoms with van der Waals surface area (Å²) in [6.07, 6.45) is 3.25. The molecule has 4 nitrogen and oxygen atoms in total. The number of carbonyl (C=O) groups excluding carboxylic acids is 2. The highest BCUT2D eigenvalue weighted by atomic mass is 16.2. The molecule has 1 aromatic rings. The molecule has 1 heterocycles. The highest BCUT2D eigenvalue weighted by Gasteiger charge is 2.41. The van der Waals surface area contributed by atoms with Crippen LogP contribution in [0.15, 0.2) is 30.3 Å². The van der Waals surface area contributed by atoms with Gasteiger partial charge in [-0.15, -0.1) is 0 Å². The van der Waals surface area contributed by atoms with E-state index in [1.54, 1.807) is 18.7 Å². The molecule has 0 saturated carbocycles. The van der Waals surface area contributed by atoms with Crippen molar-refractivity contribution in [1.82, 2.24) is 9.80 Å². The third-order valence-electron chi connectivity index (χ3n) is 4.60. The number of carbonyl (C=O) groups is 2. The Balaban J connectivity index is 2.09. The van der Waals surface area contributed by atoms with Crippen LogP contribution in [-0.4, -0.2) is 41.2 Å². The third kappa shape index (κ3) is 4.12. The van der Waals surface area contributed by atoms with Gasteiger partial charge in [-0.25, -0.2) is 0 Å². The lowest BCUT2D eigenvalue weighted by molar-refractivity contribution is -0.155. The predicted octanol–water partition coefficient (Wildman–Crippen LogP) is 3.07. The first kappa shape index (κ1) is 17.5. The van der Waals surface area contributed by atoms with E-state index in [0.29, 0.717) is 13.1 Å². The van der Waals surface area contributed by atoms with Crippen molar-refractivity contribution in [3.8, 4) is 0 Å². The highest BCUT2D eigenvalue weighted by molar-refractivity contribution is 6.04. The summed E-state index contributed by atoms with van der Waals surface area (Å²) in [6.45, 7) is 8.19. The van der Waals surface area contributed by atoms with E-state index in [9.17, 15) is 9.59 Å². The van der Waals surface area contributed by atoms with Crippen molar-refractivity contribution in [2.24, 2.45) is 5.41 Å². The van der Waals surface area contributed by atoms with Crippen LogP contribution in [0.5, 0.6) is 0 Å². The summed E-state index contributed by atoms with van der Waals surface area (Å²) in [5.74, 6) is -0.117. The topological polar surface area (TPSA) is 40.6 Å². The zero-order valence-electron chi connectivity index (χ0n) is 14.5. The minimum absolute atomic E-state index is 0.0336. The quantitative estimate of drug-likeness (QED) is 0.783. The maximum atomic E-state index is 13.0. The largest absolute Gasteiger partial charge is 0.342 e. The van der Waals surface area contributed by atoms with Crippen LogP contribution in [0, 0.1) is 5.41 Å². The van der Waals surface area contributed by atoms with Gasteiger partial charge in [-0.2, -0.15) is 0 Å². The van der Waals surface area contributed by atoms with Gasteiger partial charge in [0.1, 0.15) is 5.41 Å². The molecule has 1 aliphatic heterocycles. The van der Waals surface area contributed by atoms with Crippen LogP contribution in [0.3, 0.4) is 0 Å². The molecule has 0 N–H and O–H groups in total. The first-order chi connectivity index (χ1) is 11.0. The van der Waals surface area contributed by atoms with E-state index < -0.39 is 5.41 Å². The maximum Gasteiger partial charge on any atom is 0.237 e. The van der Waals surface area contributed by atoms with Gasteiger partial charge in [0.25, 0.3) is 0 Å². The van der Waals surface area contributed by atoms with E-state index in [4.69, 9.17) is 0 Å². The lowest BCUT2D eigenvalue weighted by Crippen LogP contribution is -2.51. The number of amides is 2. The van der Waals surface area contributed by atoms with Gasteiger partial charge in [0, 0.05) is 26.2 Å². The van der Waals surface area contributed by atoms with E-state index in [0.717, 1.165) is 31.5 Å². The molecule has 0 bridgehead atoms. The Morgan fingerprint density at radius 3 is 2.26 bits per heavy atom. The molecule has 1 aliphatic rings. The Kier molecular flexibility index (Phi) is 5.80.